The zero-order valence-corrected chi connectivity index (χ0v) is 11.7. The first-order chi connectivity index (χ1) is 8.54. The van der Waals surface area contributed by atoms with Crippen molar-refractivity contribution < 1.29 is 9.53 Å². The van der Waals surface area contributed by atoms with Crippen LogP contribution in [0.5, 0.6) is 0 Å². The number of aromatic nitrogens is 1. The van der Waals surface area contributed by atoms with E-state index in [-0.39, 0.29) is 22.3 Å². The van der Waals surface area contributed by atoms with Crippen LogP contribution in [0.1, 0.15) is 6.92 Å². The standard InChI is InChI=1S/C11H15Cl2N3O2/c1-7(14-5-6-18-2)11(17)15-8-3-4-9(12)16-10(8)13/h3-4,7,14H,5-6H2,1-2H3,(H,15,17). The Morgan fingerprint density at radius 1 is 1.50 bits per heavy atom. The van der Waals surface area contributed by atoms with Crippen molar-refractivity contribution in [3.8, 4) is 0 Å². The molecule has 0 aliphatic heterocycles. The van der Waals surface area contributed by atoms with Gasteiger partial charge in [-0.15, -0.1) is 0 Å². The van der Waals surface area contributed by atoms with Gasteiger partial charge in [-0.2, -0.15) is 0 Å². The van der Waals surface area contributed by atoms with Crippen molar-refractivity contribution in [2.75, 3.05) is 25.6 Å². The van der Waals surface area contributed by atoms with Gasteiger partial charge >= 0.3 is 0 Å². The number of anilines is 1. The molecule has 1 heterocycles. The largest absolute Gasteiger partial charge is 0.383 e. The van der Waals surface area contributed by atoms with Crippen molar-refractivity contribution in [3.63, 3.8) is 0 Å². The van der Waals surface area contributed by atoms with Crippen LogP contribution in [0.25, 0.3) is 0 Å². The molecule has 100 valence electrons. The molecule has 7 heteroatoms. The van der Waals surface area contributed by atoms with Crippen molar-refractivity contribution in [2.24, 2.45) is 0 Å². The highest BCUT2D eigenvalue weighted by atomic mass is 35.5. The first-order valence-corrected chi connectivity index (χ1v) is 6.15. The smallest absolute Gasteiger partial charge is 0.241 e. The fourth-order valence-corrected chi connectivity index (χ4v) is 1.61. The highest BCUT2D eigenvalue weighted by molar-refractivity contribution is 6.34. The summed E-state index contributed by atoms with van der Waals surface area (Å²) in [5, 5.41) is 6.12. The maximum Gasteiger partial charge on any atom is 0.241 e. The normalized spacial score (nSPS) is 12.2. The number of hydrogen-bond acceptors (Lipinski definition) is 4. The number of carbonyl (C=O) groups excluding carboxylic acids is 1. The lowest BCUT2D eigenvalue weighted by atomic mass is 10.3. The van der Waals surface area contributed by atoms with E-state index < -0.39 is 0 Å². The number of nitrogens with one attached hydrogen (secondary N) is 2. The fourth-order valence-electron chi connectivity index (χ4n) is 1.22. The highest BCUT2D eigenvalue weighted by Gasteiger charge is 2.13. The molecule has 18 heavy (non-hydrogen) atoms. The molecule has 0 saturated carbocycles. The minimum Gasteiger partial charge on any atom is -0.383 e. The molecular formula is C11H15Cl2N3O2. The molecule has 1 unspecified atom stereocenters. The summed E-state index contributed by atoms with van der Waals surface area (Å²) in [6.45, 7) is 2.89. The van der Waals surface area contributed by atoms with Gasteiger partial charge in [0.05, 0.1) is 18.3 Å². The molecular weight excluding hydrogens is 277 g/mol. The predicted molar refractivity (Wildman–Crippen MR) is 72.2 cm³/mol. The molecule has 5 nitrogen and oxygen atoms in total. The number of hydrogen-bond donors (Lipinski definition) is 2. The topological polar surface area (TPSA) is 63.2 Å². The van der Waals surface area contributed by atoms with Crippen LogP contribution in [0, 0.1) is 0 Å². The lowest BCUT2D eigenvalue weighted by Crippen LogP contribution is -2.39. The van der Waals surface area contributed by atoms with Gasteiger partial charge < -0.3 is 15.4 Å². The third-order valence-corrected chi connectivity index (χ3v) is 2.72. The van der Waals surface area contributed by atoms with Crippen LogP contribution in [0.3, 0.4) is 0 Å². The molecule has 0 aliphatic carbocycles. The van der Waals surface area contributed by atoms with Gasteiger partial charge in [0.2, 0.25) is 5.91 Å². The Morgan fingerprint density at radius 2 is 2.22 bits per heavy atom. The maximum absolute atomic E-state index is 11.8. The molecule has 1 aromatic heterocycles. The Balaban J connectivity index is 2.53. The lowest BCUT2D eigenvalue weighted by Gasteiger charge is -2.14. The first kappa shape index (κ1) is 15.2. The third-order valence-electron chi connectivity index (χ3n) is 2.22. The van der Waals surface area contributed by atoms with Gasteiger partial charge in [-0.05, 0) is 19.1 Å². The third kappa shape index (κ3) is 4.78. The zero-order chi connectivity index (χ0) is 13.5. The van der Waals surface area contributed by atoms with Crippen LogP contribution >= 0.6 is 23.2 Å². The molecule has 0 radical (unpaired) electrons. The summed E-state index contributed by atoms with van der Waals surface area (Å²) >= 11 is 11.5. The minimum absolute atomic E-state index is 0.167. The summed E-state index contributed by atoms with van der Waals surface area (Å²) in [5.41, 5.74) is 0.437. The van der Waals surface area contributed by atoms with Crippen LogP contribution in [-0.4, -0.2) is 37.2 Å². The van der Waals surface area contributed by atoms with Gasteiger partial charge in [-0.1, -0.05) is 23.2 Å². The molecule has 0 aromatic carbocycles. The molecule has 1 rings (SSSR count). The number of ether oxygens (including phenoxy) is 1. The summed E-state index contributed by atoms with van der Waals surface area (Å²) in [7, 11) is 1.60. The highest BCUT2D eigenvalue weighted by Crippen LogP contribution is 2.21. The Kier molecular flexibility index (Phi) is 6.35. The van der Waals surface area contributed by atoms with E-state index >= 15 is 0 Å². The van der Waals surface area contributed by atoms with Gasteiger partial charge in [-0.25, -0.2) is 4.98 Å². The monoisotopic (exact) mass is 291 g/mol. The fraction of sp³-hybridized carbons (Fsp3) is 0.455. The number of halogens is 2. The number of rotatable bonds is 6. The molecule has 1 amide bonds. The summed E-state index contributed by atoms with van der Waals surface area (Å²) in [6.07, 6.45) is 0. The first-order valence-electron chi connectivity index (χ1n) is 5.40. The second-order valence-electron chi connectivity index (χ2n) is 3.63. The molecule has 2 N–H and O–H groups in total. The van der Waals surface area contributed by atoms with Crippen molar-refractivity contribution in [3.05, 3.63) is 22.4 Å². The van der Waals surface area contributed by atoms with E-state index in [2.05, 4.69) is 15.6 Å². The number of nitrogens with zero attached hydrogens (tertiary/aromatic N) is 1. The number of methoxy groups -OCH3 is 1. The Morgan fingerprint density at radius 3 is 2.83 bits per heavy atom. The maximum atomic E-state index is 11.8. The van der Waals surface area contributed by atoms with E-state index in [1.54, 1.807) is 26.2 Å². The quantitative estimate of drug-likeness (QED) is 0.621. The van der Waals surface area contributed by atoms with E-state index in [4.69, 9.17) is 27.9 Å². The van der Waals surface area contributed by atoms with Crippen LogP contribution < -0.4 is 10.6 Å². The van der Waals surface area contributed by atoms with Gasteiger partial charge in [0.1, 0.15) is 5.15 Å². The summed E-state index contributed by atoms with van der Waals surface area (Å²) in [5.74, 6) is -0.197. The van der Waals surface area contributed by atoms with Crippen molar-refractivity contribution in [1.82, 2.24) is 10.3 Å². The van der Waals surface area contributed by atoms with Crippen LogP contribution in [0.4, 0.5) is 5.69 Å². The molecule has 0 fully saturated rings. The molecule has 0 bridgehead atoms. The van der Waals surface area contributed by atoms with E-state index in [9.17, 15) is 4.79 Å². The van der Waals surface area contributed by atoms with Crippen LogP contribution in [0.15, 0.2) is 12.1 Å². The van der Waals surface area contributed by atoms with E-state index in [0.717, 1.165) is 0 Å². The summed E-state index contributed by atoms with van der Waals surface area (Å²) < 4.78 is 4.88. The molecule has 1 atom stereocenters. The molecule has 0 spiro atoms. The summed E-state index contributed by atoms with van der Waals surface area (Å²) in [4.78, 5) is 15.6. The average molecular weight is 292 g/mol. The van der Waals surface area contributed by atoms with E-state index in [1.165, 1.54) is 0 Å². The van der Waals surface area contributed by atoms with Crippen LogP contribution in [-0.2, 0) is 9.53 Å². The Labute approximate surface area is 116 Å². The number of pyridine rings is 1. The van der Waals surface area contributed by atoms with Crippen molar-refractivity contribution in [2.45, 2.75) is 13.0 Å². The number of amides is 1. The second kappa shape index (κ2) is 7.53. The SMILES string of the molecule is COCCNC(C)C(=O)Nc1ccc(Cl)nc1Cl. The zero-order valence-electron chi connectivity index (χ0n) is 10.2. The van der Waals surface area contributed by atoms with E-state index in [0.29, 0.717) is 18.8 Å². The number of carbonyl (C=O) groups is 1. The van der Waals surface area contributed by atoms with Gasteiger partial charge in [0.25, 0.3) is 0 Å². The Bertz CT molecular complexity index is 415. The minimum atomic E-state index is -0.355. The van der Waals surface area contributed by atoms with Gasteiger partial charge in [0.15, 0.2) is 5.15 Å². The van der Waals surface area contributed by atoms with E-state index in [1.807, 2.05) is 0 Å². The Hall–Kier alpha value is -0.880. The van der Waals surface area contributed by atoms with Crippen molar-refractivity contribution in [1.29, 1.82) is 0 Å². The molecule has 0 saturated heterocycles. The van der Waals surface area contributed by atoms with Gasteiger partial charge in [-0.3, -0.25) is 4.79 Å². The predicted octanol–water partition coefficient (Wildman–Crippen LogP) is 1.95. The average Bonchev–Trinajstić information content (AvgIpc) is 2.32. The van der Waals surface area contributed by atoms with Crippen LogP contribution in [0.2, 0.25) is 10.3 Å². The van der Waals surface area contributed by atoms with Gasteiger partial charge in [0, 0.05) is 13.7 Å². The van der Waals surface area contributed by atoms with Crippen molar-refractivity contribution >= 4 is 34.8 Å². The summed E-state index contributed by atoms with van der Waals surface area (Å²) in [6, 6.07) is 2.82. The lowest BCUT2D eigenvalue weighted by molar-refractivity contribution is -0.117. The molecule has 1 aromatic rings. The second-order valence-corrected chi connectivity index (χ2v) is 4.38. The molecule has 0 aliphatic rings.